The van der Waals surface area contributed by atoms with Gasteiger partial charge in [0.2, 0.25) is 16.8 Å². The molecule has 3 rings (SSSR count). The summed E-state index contributed by atoms with van der Waals surface area (Å²) in [4.78, 5) is 12.7. The van der Waals surface area contributed by atoms with Gasteiger partial charge in [-0.15, -0.1) is 0 Å². The molecule has 8 nitrogen and oxygen atoms in total. The Balaban J connectivity index is 1.91. The fraction of sp³-hybridized carbons (Fsp3) is 0.350. The van der Waals surface area contributed by atoms with E-state index in [0.717, 1.165) is 0 Å². The molecule has 0 aliphatic carbocycles. The fourth-order valence-corrected chi connectivity index (χ4v) is 4.62. The van der Waals surface area contributed by atoms with Crippen molar-refractivity contribution >= 4 is 21.6 Å². The third kappa shape index (κ3) is 4.30. The second-order valence-electron chi connectivity index (χ2n) is 6.21. The van der Waals surface area contributed by atoms with Crippen molar-refractivity contribution in [1.82, 2.24) is 4.31 Å². The van der Waals surface area contributed by atoms with Crippen LogP contribution in [0.3, 0.4) is 0 Å². The number of anilines is 1. The lowest BCUT2D eigenvalue weighted by atomic mass is 10.2. The highest BCUT2D eigenvalue weighted by molar-refractivity contribution is 7.89. The highest BCUT2D eigenvalue weighted by Crippen LogP contribution is 2.33. The van der Waals surface area contributed by atoms with Crippen molar-refractivity contribution in [3.05, 3.63) is 42.0 Å². The Morgan fingerprint density at radius 2 is 1.79 bits per heavy atom. The minimum atomic E-state index is -3.76. The van der Waals surface area contributed by atoms with Crippen molar-refractivity contribution in [2.45, 2.75) is 25.7 Å². The van der Waals surface area contributed by atoms with Crippen LogP contribution in [0.4, 0.5) is 5.69 Å². The molecule has 0 aromatic heterocycles. The topological polar surface area (TPSA) is 94.2 Å². The largest absolute Gasteiger partial charge is 0.492 e. The Labute approximate surface area is 170 Å². The Morgan fingerprint density at radius 3 is 2.48 bits per heavy atom. The first-order chi connectivity index (χ1) is 13.9. The molecule has 0 unspecified atom stereocenters. The molecule has 1 amide bonds. The van der Waals surface area contributed by atoms with Gasteiger partial charge < -0.3 is 19.5 Å². The van der Waals surface area contributed by atoms with Gasteiger partial charge in [0, 0.05) is 24.3 Å². The third-order valence-corrected chi connectivity index (χ3v) is 6.53. The molecule has 1 heterocycles. The number of amides is 1. The average molecular weight is 420 g/mol. The molecule has 0 bridgehead atoms. The van der Waals surface area contributed by atoms with Crippen LogP contribution >= 0.6 is 0 Å². The van der Waals surface area contributed by atoms with Crippen LogP contribution in [0.15, 0.2) is 41.3 Å². The zero-order chi connectivity index (χ0) is 21.0. The number of rotatable bonds is 8. The SMILES string of the molecule is CCOc1ccc(NC(=O)c2ccc3c(c2)OCO3)cc1S(=O)(=O)N(CC)CC. The second-order valence-corrected chi connectivity index (χ2v) is 8.11. The molecule has 0 saturated heterocycles. The summed E-state index contributed by atoms with van der Waals surface area (Å²) in [6, 6.07) is 9.44. The van der Waals surface area contributed by atoms with Crippen LogP contribution in [0.25, 0.3) is 0 Å². The van der Waals surface area contributed by atoms with Crippen LogP contribution in [0.2, 0.25) is 0 Å². The van der Waals surface area contributed by atoms with Gasteiger partial charge in [-0.1, -0.05) is 13.8 Å². The lowest BCUT2D eigenvalue weighted by Crippen LogP contribution is -2.31. The van der Waals surface area contributed by atoms with Crippen LogP contribution in [0.1, 0.15) is 31.1 Å². The molecular formula is C20H24N2O6S. The number of hydrogen-bond acceptors (Lipinski definition) is 6. The summed E-state index contributed by atoms with van der Waals surface area (Å²) < 4.78 is 43.4. The molecule has 156 valence electrons. The Morgan fingerprint density at radius 1 is 1.07 bits per heavy atom. The average Bonchev–Trinajstić information content (AvgIpc) is 3.17. The summed E-state index contributed by atoms with van der Waals surface area (Å²) in [5.74, 6) is 0.934. The molecule has 0 spiro atoms. The normalized spacial score (nSPS) is 12.8. The van der Waals surface area contributed by atoms with Gasteiger partial charge >= 0.3 is 0 Å². The zero-order valence-corrected chi connectivity index (χ0v) is 17.4. The zero-order valence-electron chi connectivity index (χ0n) is 16.6. The van der Waals surface area contributed by atoms with Gasteiger partial charge in [-0.2, -0.15) is 4.31 Å². The summed E-state index contributed by atoms with van der Waals surface area (Å²) in [7, 11) is -3.76. The summed E-state index contributed by atoms with van der Waals surface area (Å²) in [6.07, 6.45) is 0. The summed E-state index contributed by atoms with van der Waals surface area (Å²) in [5, 5.41) is 2.73. The molecular weight excluding hydrogens is 396 g/mol. The van der Waals surface area contributed by atoms with E-state index in [1.165, 1.54) is 10.4 Å². The molecule has 0 radical (unpaired) electrons. The Bertz CT molecular complexity index is 1000. The number of nitrogens with one attached hydrogen (secondary N) is 1. The van der Waals surface area contributed by atoms with Crippen LogP contribution in [0.5, 0.6) is 17.2 Å². The number of carbonyl (C=O) groups is 1. The van der Waals surface area contributed by atoms with Gasteiger partial charge in [0.15, 0.2) is 11.5 Å². The number of benzene rings is 2. The van der Waals surface area contributed by atoms with E-state index in [9.17, 15) is 13.2 Å². The summed E-state index contributed by atoms with van der Waals surface area (Å²) >= 11 is 0. The van der Waals surface area contributed by atoms with Crippen LogP contribution in [-0.4, -0.2) is 45.1 Å². The van der Waals surface area contributed by atoms with Crippen molar-refractivity contribution in [2.75, 3.05) is 31.8 Å². The monoisotopic (exact) mass is 420 g/mol. The molecule has 0 fully saturated rings. The van der Waals surface area contributed by atoms with Crippen molar-refractivity contribution in [1.29, 1.82) is 0 Å². The van der Waals surface area contributed by atoms with E-state index in [4.69, 9.17) is 14.2 Å². The number of fused-ring (bicyclic) bond motifs is 1. The van der Waals surface area contributed by atoms with Gasteiger partial charge in [-0.3, -0.25) is 4.79 Å². The minimum absolute atomic E-state index is 0.0199. The number of ether oxygens (including phenoxy) is 3. The molecule has 9 heteroatoms. The van der Waals surface area contributed by atoms with E-state index in [-0.39, 0.29) is 17.4 Å². The first kappa shape index (κ1) is 20.9. The lowest BCUT2D eigenvalue weighted by molar-refractivity contribution is 0.102. The Kier molecular flexibility index (Phi) is 6.29. The lowest BCUT2D eigenvalue weighted by Gasteiger charge is -2.21. The molecule has 1 aliphatic heterocycles. The highest BCUT2D eigenvalue weighted by Gasteiger charge is 2.26. The van der Waals surface area contributed by atoms with Crippen molar-refractivity contribution < 1.29 is 27.4 Å². The highest BCUT2D eigenvalue weighted by atomic mass is 32.2. The number of nitrogens with zero attached hydrogens (tertiary/aromatic N) is 1. The number of hydrogen-bond donors (Lipinski definition) is 1. The van der Waals surface area contributed by atoms with Crippen molar-refractivity contribution in [3.8, 4) is 17.2 Å². The van der Waals surface area contributed by atoms with Crippen LogP contribution < -0.4 is 19.5 Å². The van der Waals surface area contributed by atoms with E-state index in [0.29, 0.717) is 42.4 Å². The van der Waals surface area contributed by atoms with Gasteiger partial charge in [0.1, 0.15) is 10.6 Å². The quantitative estimate of drug-likeness (QED) is 0.705. The molecule has 1 N–H and O–H groups in total. The van der Waals surface area contributed by atoms with Crippen LogP contribution in [-0.2, 0) is 10.0 Å². The second kappa shape index (κ2) is 8.71. The third-order valence-electron chi connectivity index (χ3n) is 4.46. The number of sulfonamides is 1. The smallest absolute Gasteiger partial charge is 0.255 e. The molecule has 1 aliphatic rings. The van der Waals surface area contributed by atoms with Crippen LogP contribution in [0, 0.1) is 0 Å². The van der Waals surface area contributed by atoms with Gasteiger partial charge in [-0.05, 0) is 43.3 Å². The molecule has 0 atom stereocenters. The molecule has 2 aromatic rings. The molecule has 0 saturated carbocycles. The standard InChI is InChI=1S/C20H24N2O6S/c1-4-22(5-2)29(24,25)19-12-15(8-10-17(19)26-6-3)21-20(23)14-7-9-16-18(11-14)28-13-27-16/h7-12H,4-6,13H2,1-3H3,(H,21,23). The van der Waals surface area contributed by atoms with E-state index in [1.807, 2.05) is 0 Å². The number of carbonyl (C=O) groups excluding carboxylic acids is 1. The van der Waals surface area contributed by atoms with Gasteiger partial charge in [-0.25, -0.2) is 8.42 Å². The Hall–Kier alpha value is -2.78. The minimum Gasteiger partial charge on any atom is -0.492 e. The van der Waals surface area contributed by atoms with Crippen molar-refractivity contribution in [3.63, 3.8) is 0 Å². The van der Waals surface area contributed by atoms with E-state index >= 15 is 0 Å². The van der Waals surface area contributed by atoms with E-state index < -0.39 is 15.9 Å². The maximum Gasteiger partial charge on any atom is 0.255 e. The molecule has 2 aromatic carbocycles. The van der Waals surface area contributed by atoms with E-state index in [1.54, 1.807) is 51.1 Å². The van der Waals surface area contributed by atoms with Gasteiger partial charge in [0.05, 0.1) is 6.61 Å². The maximum absolute atomic E-state index is 13.0. The first-order valence-electron chi connectivity index (χ1n) is 9.38. The summed E-state index contributed by atoms with van der Waals surface area (Å²) in [5.41, 5.74) is 0.720. The maximum atomic E-state index is 13.0. The fourth-order valence-electron chi connectivity index (χ4n) is 3.01. The molecule has 29 heavy (non-hydrogen) atoms. The predicted molar refractivity (Wildman–Crippen MR) is 108 cm³/mol. The van der Waals surface area contributed by atoms with E-state index in [2.05, 4.69) is 5.32 Å². The van der Waals surface area contributed by atoms with Gasteiger partial charge in [0.25, 0.3) is 5.91 Å². The van der Waals surface area contributed by atoms with Crippen molar-refractivity contribution in [2.24, 2.45) is 0 Å². The predicted octanol–water partition coefficient (Wildman–Crippen LogP) is 3.10. The first-order valence-corrected chi connectivity index (χ1v) is 10.8. The summed E-state index contributed by atoms with van der Waals surface area (Å²) in [6.45, 7) is 6.42.